The van der Waals surface area contributed by atoms with Crippen LogP contribution in [0.2, 0.25) is 0 Å². The van der Waals surface area contributed by atoms with Gasteiger partial charge < -0.3 is 5.32 Å². The quantitative estimate of drug-likeness (QED) is 0.471. The highest BCUT2D eigenvalue weighted by molar-refractivity contribution is 7.91. The van der Waals surface area contributed by atoms with Gasteiger partial charge in [0.05, 0.1) is 10.2 Å². The van der Waals surface area contributed by atoms with E-state index < -0.39 is 15.4 Å². The van der Waals surface area contributed by atoms with Crippen LogP contribution in [0.4, 0.5) is 5.69 Å². The molecule has 0 saturated heterocycles. The Bertz CT molecular complexity index is 1600. The second kappa shape index (κ2) is 10.3. The van der Waals surface area contributed by atoms with E-state index in [-0.39, 0.29) is 74.9 Å². The first-order valence-electron chi connectivity index (χ1n) is 15.0. The zero-order valence-corrected chi connectivity index (χ0v) is 26.0. The van der Waals surface area contributed by atoms with Gasteiger partial charge in [0.25, 0.3) is 10.0 Å². The van der Waals surface area contributed by atoms with E-state index in [4.69, 9.17) is 5.14 Å². The minimum absolute atomic E-state index is 0.0270. The molecule has 1 amide bonds. The van der Waals surface area contributed by atoms with Gasteiger partial charge in [-0.25, -0.2) is 18.5 Å². The van der Waals surface area contributed by atoms with Crippen LogP contribution < -0.4 is 10.5 Å². The first-order chi connectivity index (χ1) is 19.7. The van der Waals surface area contributed by atoms with Gasteiger partial charge in [-0.1, -0.05) is 20.8 Å². The maximum atomic E-state index is 14.0. The highest BCUT2D eigenvalue weighted by Gasteiger charge is 2.66. The Hall–Kier alpha value is -2.50. The van der Waals surface area contributed by atoms with Gasteiger partial charge in [0, 0.05) is 49.1 Å². The van der Waals surface area contributed by atoms with Crippen molar-refractivity contribution in [3.63, 3.8) is 0 Å². The molecule has 3 N–H and O–H groups in total. The van der Waals surface area contributed by atoms with E-state index in [0.717, 1.165) is 30.6 Å². The number of benzene rings is 1. The molecule has 4 saturated carbocycles. The number of sulfonamides is 1. The first kappa shape index (κ1) is 29.6. The van der Waals surface area contributed by atoms with Crippen LogP contribution in [0.3, 0.4) is 0 Å². The number of primary sulfonamides is 1. The molecule has 1 heterocycles. The first-order valence-corrected chi connectivity index (χ1v) is 17.4. The Morgan fingerprint density at radius 2 is 1.90 bits per heavy atom. The summed E-state index contributed by atoms with van der Waals surface area (Å²) in [5.74, 6) is 0.849. The lowest BCUT2D eigenvalue weighted by Gasteiger charge is -2.58. The molecular weight excluding hydrogens is 574 g/mol. The van der Waals surface area contributed by atoms with E-state index in [2.05, 4.69) is 31.1 Å². The number of ketones is 3. The fraction of sp³-hybridized carbons (Fsp3) is 0.645. The number of fused-ring (bicyclic) bond motifs is 6. The summed E-state index contributed by atoms with van der Waals surface area (Å²) in [7, 11) is -3.90. The molecule has 0 spiro atoms. The lowest BCUT2D eigenvalue weighted by molar-refractivity contribution is -0.166. The molecule has 1 aromatic carbocycles. The minimum Gasteiger partial charge on any atom is -0.326 e. The third-order valence-electron chi connectivity index (χ3n) is 11.6. The monoisotopic (exact) mass is 613 g/mol. The van der Waals surface area contributed by atoms with Crippen molar-refractivity contribution < 1.29 is 27.6 Å². The SMILES string of the molecule is C[C@H](CCC(=O)Nc1ccc2nc(S(N)(=O)=O)sc2c1)[C@H]1CC[C@H]2[C@@H]3C(=O)C[C@@H]4CC(=O)CC[C@]4(C)[C@H]3CC(=O)[C@]12C. The smallest absolute Gasteiger partial charge is 0.265 e. The van der Waals surface area contributed by atoms with Crippen LogP contribution in [0, 0.1) is 46.3 Å². The molecule has 4 aliphatic carbocycles. The summed E-state index contributed by atoms with van der Waals surface area (Å²) in [6, 6.07) is 5.03. The molecular formula is C31H39N3O6S2. The van der Waals surface area contributed by atoms with E-state index in [1.807, 2.05) is 0 Å². The summed E-state index contributed by atoms with van der Waals surface area (Å²) in [6.45, 7) is 6.43. The molecule has 8 atom stereocenters. The molecule has 226 valence electrons. The van der Waals surface area contributed by atoms with Crippen molar-refractivity contribution in [1.29, 1.82) is 0 Å². The highest BCUT2D eigenvalue weighted by Crippen LogP contribution is 2.66. The third-order valence-corrected chi connectivity index (χ3v) is 14.0. The third kappa shape index (κ3) is 4.76. The van der Waals surface area contributed by atoms with Gasteiger partial charge in [-0.15, -0.1) is 11.3 Å². The number of amides is 1. The van der Waals surface area contributed by atoms with E-state index >= 15 is 0 Å². The van der Waals surface area contributed by atoms with Crippen molar-refractivity contribution in [3.05, 3.63) is 18.2 Å². The topological polar surface area (TPSA) is 153 Å². The van der Waals surface area contributed by atoms with Gasteiger partial charge in [-0.05, 0) is 78.9 Å². The number of nitrogens with one attached hydrogen (secondary N) is 1. The Morgan fingerprint density at radius 1 is 1.14 bits per heavy atom. The number of rotatable bonds is 6. The lowest BCUT2D eigenvalue weighted by atomic mass is 9.44. The second-order valence-electron chi connectivity index (χ2n) is 13.7. The zero-order chi connectivity index (χ0) is 30.2. The summed E-state index contributed by atoms with van der Waals surface area (Å²) in [6.07, 6.45) is 5.31. The van der Waals surface area contributed by atoms with Crippen molar-refractivity contribution in [2.75, 3.05) is 5.32 Å². The van der Waals surface area contributed by atoms with Crippen LogP contribution in [0.1, 0.15) is 78.6 Å². The molecule has 2 aromatic rings. The fourth-order valence-corrected chi connectivity index (χ4v) is 11.0. The van der Waals surface area contributed by atoms with Crippen LogP contribution in [0.25, 0.3) is 10.2 Å². The van der Waals surface area contributed by atoms with Crippen LogP contribution in [-0.2, 0) is 29.2 Å². The molecule has 4 fully saturated rings. The van der Waals surface area contributed by atoms with E-state index in [1.54, 1.807) is 18.2 Å². The van der Waals surface area contributed by atoms with Crippen LogP contribution in [-0.4, -0.2) is 36.7 Å². The summed E-state index contributed by atoms with van der Waals surface area (Å²) in [5.41, 5.74) is 0.349. The van der Waals surface area contributed by atoms with E-state index in [1.165, 1.54) is 0 Å². The number of nitrogens with two attached hydrogens (primary N) is 1. The number of carbonyl (C=O) groups excluding carboxylic acids is 4. The number of aromatic nitrogens is 1. The summed E-state index contributed by atoms with van der Waals surface area (Å²) in [4.78, 5) is 56.8. The average Bonchev–Trinajstić information content (AvgIpc) is 3.51. The summed E-state index contributed by atoms with van der Waals surface area (Å²) < 4.78 is 23.7. The Kier molecular flexibility index (Phi) is 7.25. The molecule has 1 aromatic heterocycles. The number of thiazole rings is 1. The fourth-order valence-electron chi connectivity index (χ4n) is 9.28. The molecule has 0 bridgehead atoms. The van der Waals surface area contributed by atoms with E-state index in [0.29, 0.717) is 48.0 Å². The minimum atomic E-state index is -3.90. The molecule has 6 rings (SSSR count). The van der Waals surface area contributed by atoms with Gasteiger partial charge in [0.15, 0.2) is 0 Å². The predicted octanol–water partition coefficient (Wildman–Crippen LogP) is 4.88. The number of nitrogens with zero attached hydrogens (tertiary/aromatic N) is 1. The van der Waals surface area contributed by atoms with Crippen LogP contribution in [0.5, 0.6) is 0 Å². The Balaban J connectivity index is 1.12. The van der Waals surface area contributed by atoms with Crippen molar-refractivity contribution >= 4 is 60.5 Å². The standard InChI is InChI=1S/C31H39N3O6S2/c1-16(4-9-27(38)33-18-5-8-23-25(14-18)41-29(34-23)42(32,39)40)20-6-7-21-28-22(15-26(37)31(20,21)3)30(2)11-10-19(35)12-17(30)13-24(28)36/h5,8,14,16-17,20-22,28H,4,6-7,9-13,15H2,1-3H3,(H,33,38)(H2,32,39,40)/t16-,17+,20-,21+,22+,28+,30+,31-/m1/s1. The van der Waals surface area contributed by atoms with E-state index in [9.17, 15) is 27.6 Å². The van der Waals surface area contributed by atoms with Gasteiger partial charge in [-0.2, -0.15) is 0 Å². The van der Waals surface area contributed by atoms with Crippen molar-refractivity contribution in [2.24, 2.45) is 51.5 Å². The maximum absolute atomic E-state index is 14.0. The molecule has 0 aliphatic heterocycles. The predicted molar refractivity (Wildman–Crippen MR) is 159 cm³/mol. The maximum Gasteiger partial charge on any atom is 0.265 e. The number of carbonyl (C=O) groups is 4. The van der Waals surface area contributed by atoms with Crippen LogP contribution >= 0.6 is 11.3 Å². The second-order valence-corrected chi connectivity index (χ2v) is 16.5. The van der Waals surface area contributed by atoms with Gasteiger partial charge in [0.2, 0.25) is 10.2 Å². The average molecular weight is 614 g/mol. The zero-order valence-electron chi connectivity index (χ0n) is 24.4. The van der Waals surface area contributed by atoms with Crippen LogP contribution in [0.15, 0.2) is 22.5 Å². The highest BCUT2D eigenvalue weighted by atomic mass is 32.2. The van der Waals surface area contributed by atoms with Crippen molar-refractivity contribution in [3.8, 4) is 0 Å². The summed E-state index contributed by atoms with van der Waals surface area (Å²) >= 11 is 0.958. The van der Waals surface area contributed by atoms with Gasteiger partial charge in [0.1, 0.15) is 17.3 Å². The van der Waals surface area contributed by atoms with Crippen molar-refractivity contribution in [1.82, 2.24) is 4.98 Å². The lowest BCUT2D eigenvalue weighted by Crippen LogP contribution is -2.60. The van der Waals surface area contributed by atoms with Gasteiger partial charge in [-0.3, -0.25) is 19.2 Å². The van der Waals surface area contributed by atoms with Gasteiger partial charge >= 0.3 is 0 Å². The molecule has 4 aliphatic rings. The molecule has 0 unspecified atom stereocenters. The molecule has 11 heteroatoms. The van der Waals surface area contributed by atoms with Crippen molar-refractivity contribution in [2.45, 2.75) is 82.9 Å². The number of hydrogen-bond donors (Lipinski definition) is 2. The number of anilines is 1. The Morgan fingerprint density at radius 3 is 2.64 bits per heavy atom. The summed E-state index contributed by atoms with van der Waals surface area (Å²) in [5, 5.41) is 8.10. The molecule has 0 radical (unpaired) electrons. The molecule has 42 heavy (non-hydrogen) atoms. The molecule has 9 nitrogen and oxygen atoms in total. The Labute approximate surface area is 250 Å². The largest absolute Gasteiger partial charge is 0.326 e. The normalized spacial score (nSPS) is 35.4. The number of Topliss-reactive ketones (excluding diaryl/α,β-unsaturated/α-hetero) is 3. The number of hydrogen-bond acceptors (Lipinski definition) is 8.